The molecule has 4 rings (SSSR count). The fourth-order valence-corrected chi connectivity index (χ4v) is 2.88. The monoisotopic (exact) mass is 288 g/mol. The van der Waals surface area contributed by atoms with Gasteiger partial charge in [-0.2, -0.15) is 15.4 Å². The normalized spacial score (nSPS) is 11.1. The number of aromatic nitrogens is 4. The van der Waals surface area contributed by atoms with Crippen molar-refractivity contribution in [1.82, 2.24) is 20.0 Å². The molecule has 0 fully saturated rings. The van der Waals surface area contributed by atoms with E-state index in [1.165, 1.54) is 22.0 Å². The molecule has 4 heteroatoms. The van der Waals surface area contributed by atoms with E-state index in [9.17, 15) is 0 Å². The van der Waals surface area contributed by atoms with Crippen LogP contribution in [-0.4, -0.2) is 20.0 Å². The van der Waals surface area contributed by atoms with Crippen molar-refractivity contribution in [3.63, 3.8) is 0 Å². The predicted octanol–water partition coefficient (Wildman–Crippen LogP) is 3.40. The molecule has 0 radical (unpaired) electrons. The standard InChI is InChI=1S/C18H16N4/c1-2-6-14(7-3-1)12-22-13-15(10-16-11-19-21-20-16)17-8-4-5-9-18(17)22/h1-9,11,13H,10,12H2,(H,19,20,21). The molecule has 0 aliphatic heterocycles. The third kappa shape index (κ3) is 2.39. The second kappa shape index (κ2) is 5.48. The first-order chi connectivity index (χ1) is 10.9. The zero-order valence-corrected chi connectivity index (χ0v) is 12.1. The van der Waals surface area contributed by atoms with Crippen LogP contribution in [0.3, 0.4) is 0 Å². The molecule has 0 saturated carbocycles. The van der Waals surface area contributed by atoms with Crippen LogP contribution >= 0.6 is 0 Å². The van der Waals surface area contributed by atoms with E-state index in [4.69, 9.17) is 0 Å². The highest BCUT2D eigenvalue weighted by atomic mass is 15.3. The second-order valence-electron chi connectivity index (χ2n) is 5.42. The van der Waals surface area contributed by atoms with Gasteiger partial charge in [-0.3, -0.25) is 0 Å². The number of H-pyrrole nitrogens is 1. The minimum absolute atomic E-state index is 0.790. The van der Waals surface area contributed by atoms with Gasteiger partial charge in [-0.05, 0) is 17.2 Å². The van der Waals surface area contributed by atoms with E-state index in [-0.39, 0.29) is 0 Å². The molecule has 0 aliphatic rings. The second-order valence-corrected chi connectivity index (χ2v) is 5.42. The Hall–Kier alpha value is -2.88. The number of hydrogen-bond acceptors (Lipinski definition) is 2. The third-order valence-electron chi connectivity index (χ3n) is 3.90. The van der Waals surface area contributed by atoms with Crippen molar-refractivity contribution >= 4 is 10.9 Å². The lowest BCUT2D eigenvalue weighted by atomic mass is 10.1. The number of benzene rings is 2. The summed E-state index contributed by atoms with van der Waals surface area (Å²) in [5.41, 5.74) is 4.80. The Labute approximate surface area is 128 Å². The summed E-state index contributed by atoms with van der Waals surface area (Å²) in [5, 5.41) is 12.0. The maximum absolute atomic E-state index is 4.17. The van der Waals surface area contributed by atoms with Gasteiger partial charge in [0.15, 0.2) is 0 Å². The van der Waals surface area contributed by atoms with Crippen LogP contribution in [0.2, 0.25) is 0 Å². The largest absolute Gasteiger partial charge is 0.343 e. The van der Waals surface area contributed by atoms with Crippen LogP contribution in [0.5, 0.6) is 0 Å². The van der Waals surface area contributed by atoms with Crippen LogP contribution in [0, 0.1) is 0 Å². The highest BCUT2D eigenvalue weighted by molar-refractivity contribution is 5.84. The van der Waals surface area contributed by atoms with Crippen LogP contribution in [0.25, 0.3) is 10.9 Å². The average molecular weight is 288 g/mol. The smallest absolute Gasteiger partial charge is 0.0869 e. The lowest BCUT2D eigenvalue weighted by Gasteiger charge is -2.05. The number of nitrogens with zero attached hydrogens (tertiary/aromatic N) is 3. The maximum atomic E-state index is 4.17. The van der Waals surface area contributed by atoms with Crippen LogP contribution in [0.1, 0.15) is 16.8 Å². The molecule has 0 bridgehead atoms. The number of hydrogen-bond donors (Lipinski definition) is 1. The van der Waals surface area contributed by atoms with E-state index in [0.717, 1.165) is 18.7 Å². The van der Waals surface area contributed by atoms with E-state index in [2.05, 4.69) is 74.7 Å². The van der Waals surface area contributed by atoms with Gasteiger partial charge < -0.3 is 4.57 Å². The summed E-state index contributed by atoms with van der Waals surface area (Å²) in [5.74, 6) is 0. The Bertz CT molecular complexity index is 876. The molecule has 2 aromatic heterocycles. The van der Waals surface area contributed by atoms with Crippen molar-refractivity contribution < 1.29 is 0 Å². The molecule has 2 heterocycles. The van der Waals surface area contributed by atoms with Crippen molar-refractivity contribution in [2.75, 3.05) is 0 Å². The summed E-state index contributed by atoms with van der Waals surface area (Å²) >= 11 is 0. The first-order valence-electron chi connectivity index (χ1n) is 7.35. The molecule has 22 heavy (non-hydrogen) atoms. The van der Waals surface area contributed by atoms with Gasteiger partial charge in [-0.1, -0.05) is 48.5 Å². The van der Waals surface area contributed by atoms with Gasteiger partial charge in [0.2, 0.25) is 0 Å². The highest BCUT2D eigenvalue weighted by Gasteiger charge is 2.10. The van der Waals surface area contributed by atoms with E-state index in [0.29, 0.717) is 0 Å². The summed E-state index contributed by atoms with van der Waals surface area (Å²) in [4.78, 5) is 0. The summed E-state index contributed by atoms with van der Waals surface area (Å²) in [6.45, 7) is 0.875. The van der Waals surface area contributed by atoms with Crippen LogP contribution < -0.4 is 0 Å². The molecular weight excluding hydrogens is 272 g/mol. The maximum Gasteiger partial charge on any atom is 0.0869 e. The van der Waals surface area contributed by atoms with E-state index < -0.39 is 0 Å². The lowest BCUT2D eigenvalue weighted by molar-refractivity contribution is 0.830. The lowest BCUT2D eigenvalue weighted by Crippen LogP contribution is -1.97. The van der Waals surface area contributed by atoms with Crippen molar-refractivity contribution in [3.05, 3.63) is 83.8 Å². The topological polar surface area (TPSA) is 46.5 Å². The van der Waals surface area contributed by atoms with E-state index in [1.54, 1.807) is 6.20 Å². The molecule has 108 valence electrons. The molecule has 1 N–H and O–H groups in total. The molecule has 0 spiro atoms. The molecule has 0 aliphatic carbocycles. The molecule has 0 amide bonds. The van der Waals surface area contributed by atoms with Crippen molar-refractivity contribution in [2.45, 2.75) is 13.0 Å². The number of nitrogens with one attached hydrogen (secondary N) is 1. The van der Waals surface area contributed by atoms with E-state index >= 15 is 0 Å². The fourth-order valence-electron chi connectivity index (χ4n) is 2.88. The molecular formula is C18H16N4. The highest BCUT2D eigenvalue weighted by Crippen LogP contribution is 2.24. The summed E-state index contributed by atoms with van der Waals surface area (Å²) in [6, 6.07) is 19.0. The molecule has 0 atom stereocenters. The van der Waals surface area contributed by atoms with Gasteiger partial charge in [0, 0.05) is 30.1 Å². The van der Waals surface area contributed by atoms with Crippen molar-refractivity contribution in [1.29, 1.82) is 0 Å². The van der Waals surface area contributed by atoms with Crippen molar-refractivity contribution in [2.24, 2.45) is 0 Å². The van der Waals surface area contributed by atoms with Gasteiger partial charge in [0.05, 0.1) is 11.9 Å². The SMILES string of the molecule is c1ccc(Cn2cc(Cc3cn[nH]n3)c3ccccc32)cc1. The minimum atomic E-state index is 0.790. The van der Waals surface area contributed by atoms with Crippen LogP contribution in [0.4, 0.5) is 0 Å². The molecule has 4 aromatic rings. The molecule has 0 saturated heterocycles. The van der Waals surface area contributed by atoms with Crippen molar-refractivity contribution in [3.8, 4) is 0 Å². The first kappa shape index (κ1) is 12.8. The minimum Gasteiger partial charge on any atom is -0.343 e. The Morgan fingerprint density at radius 2 is 1.77 bits per heavy atom. The Balaban J connectivity index is 1.75. The van der Waals surface area contributed by atoms with Gasteiger partial charge in [-0.15, -0.1) is 0 Å². The first-order valence-corrected chi connectivity index (χ1v) is 7.35. The van der Waals surface area contributed by atoms with Gasteiger partial charge in [-0.25, -0.2) is 0 Å². The zero-order valence-electron chi connectivity index (χ0n) is 12.1. The van der Waals surface area contributed by atoms with Gasteiger partial charge in [0.25, 0.3) is 0 Å². The van der Waals surface area contributed by atoms with Crippen LogP contribution in [0.15, 0.2) is 67.0 Å². The third-order valence-corrected chi connectivity index (χ3v) is 3.90. The van der Waals surface area contributed by atoms with Gasteiger partial charge in [0.1, 0.15) is 0 Å². The Morgan fingerprint density at radius 1 is 0.955 bits per heavy atom. The van der Waals surface area contributed by atoms with Crippen LogP contribution in [-0.2, 0) is 13.0 Å². The molecule has 0 unspecified atom stereocenters. The number of rotatable bonds is 4. The summed E-state index contributed by atoms with van der Waals surface area (Å²) < 4.78 is 2.31. The summed E-state index contributed by atoms with van der Waals surface area (Å²) in [7, 11) is 0. The fraction of sp³-hybridized carbons (Fsp3) is 0.111. The number of aromatic amines is 1. The summed E-state index contributed by atoms with van der Waals surface area (Å²) in [6.07, 6.45) is 4.80. The van der Waals surface area contributed by atoms with Gasteiger partial charge >= 0.3 is 0 Å². The Morgan fingerprint density at radius 3 is 2.59 bits per heavy atom. The Kier molecular flexibility index (Phi) is 3.20. The number of para-hydroxylation sites is 1. The average Bonchev–Trinajstić information content (AvgIpc) is 3.18. The van der Waals surface area contributed by atoms with E-state index in [1.807, 2.05) is 6.07 Å². The molecule has 2 aromatic carbocycles. The number of fused-ring (bicyclic) bond motifs is 1. The predicted molar refractivity (Wildman–Crippen MR) is 86.7 cm³/mol. The zero-order chi connectivity index (χ0) is 14.8. The molecule has 4 nitrogen and oxygen atoms in total. The quantitative estimate of drug-likeness (QED) is 0.625.